The van der Waals surface area contributed by atoms with Gasteiger partial charge in [-0.1, -0.05) is 41.9 Å². The van der Waals surface area contributed by atoms with Crippen LogP contribution in [0.1, 0.15) is 11.1 Å². The Morgan fingerprint density at radius 3 is 2.56 bits per heavy atom. The predicted octanol–water partition coefficient (Wildman–Crippen LogP) is 6.11. The summed E-state index contributed by atoms with van der Waals surface area (Å²) in [6.07, 6.45) is 0. The van der Waals surface area contributed by atoms with E-state index in [1.54, 1.807) is 36.4 Å². The molecule has 0 bridgehead atoms. The molecule has 0 unspecified atom stereocenters. The summed E-state index contributed by atoms with van der Waals surface area (Å²) in [5.41, 5.74) is 2.11. The molecule has 5 aromatic rings. The van der Waals surface area contributed by atoms with Crippen LogP contribution in [0.25, 0.3) is 33.1 Å². The van der Waals surface area contributed by atoms with Gasteiger partial charge in [-0.3, -0.25) is 0 Å². The van der Waals surface area contributed by atoms with E-state index in [1.807, 2.05) is 37.3 Å². The first-order valence-corrected chi connectivity index (χ1v) is 10.4. The van der Waals surface area contributed by atoms with Crippen molar-refractivity contribution in [3.63, 3.8) is 0 Å². The van der Waals surface area contributed by atoms with Gasteiger partial charge in [0.2, 0.25) is 0 Å². The Morgan fingerprint density at radius 1 is 0.875 bits per heavy atom. The molecule has 0 aliphatic heterocycles. The Kier molecular flexibility index (Phi) is 5.04. The third kappa shape index (κ3) is 3.67. The second kappa shape index (κ2) is 8.02. The fourth-order valence-corrected chi connectivity index (χ4v) is 3.97. The summed E-state index contributed by atoms with van der Waals surface area (Å²) in [5.74, 6) is 0.573. The van der Waals surface area contributed by atoms with E-state index in [2.05, 4.69) is 0 Å². The van der Waals surface area contributed by atoms with Crippen LogP contribution in [0, 0.1) is 6.92 Å². The van der Waals surface area contributed by atoms with Crippen molar-refractivity contribution in [2.24, 2.45) is 0 Å². The van der Waals surface area contributed by atoms with E-state index in [9.17, 15) is 9.59 Å². The number of ether oxygens (including phenoxy) is 1. The van der Waals surface area contributed by atoms with E-state index in [-0.39, 0.29) is 0 Å². The predicted molar refractivity (Wildman–Crippen MR) is 124 cm³/mol. The maximum atomic E-state index is 12.7. The van der Waals surface area contributed by atoms with Crippen molar-refractivity contribution in [1.82, 2.24) is 0 Å². The molecule has 32 heavy (non-hydrogen) atoms. The van der Waals surface area contributed by atoms with Crippen molar-refractivity contribution in [2.45, 2.75) is 13.5 Å². The lowest BCUT2D eigenvalue weighted by molar-refractivity contribution is 0.304. The molecule has 0 aliphatic rings. The summed E-state index contributed by atoms with van der Waals surface area (Å²) in [5, 5.41) is 2.02. The van der Waals surface area contributed by atoms with Gasteiger partial charge in [0.05, 0.1) is 5.56 Å². The number of fused-ring (bicyclic) bond motifs is 2. The summed E-state index contributed by atoms with van der Waals surface area (Å²) in [4.78, 5) is 25.1. The average molecular weight is 445 g/mol. The van der Waals surface area contributed by atoms with Crippen LogP contribution in [-0.2, 0) is 6.61 Å². The first-order chi connectivity index (χ1) is 15.5. The van der Waals surface area contributed by atoms with E-state index >= 15 is 0 Å². The highest BCUT2D eigenvalue weighted by Gasteiger charge is 2.16. The molecule has 0 N–H and O–H groups in total. The van der Waals surface area contributed by atoms with Crippen molar-refractivity contribution in [1.29, 1.82) is 0 Å². The van der Waals surface area contributed by atoms with Gasteiger partial charge in [-0.25, -0.2) is 9.59 Å². The van der Waals surface area contributed by atoms with E-state index in [0.717, 1.165) is 10.9 Å². The van der Waals surface area contributed by atoms with Crippen LogP contribution in [0.2, 0.25) is 5.02 Å². The third-order valence-corrected chi connectivity index (χ3v) is 5.56. The Balaban J connectivity index is 1.61. The number of rotatable bonds is 4. The molecule has 0 fully saturated rings. The second-order valence-electron chi connectivity index (χ2n) is 7.45. The van der Waals surface area contributed by atoms with E-state index in [1.165, 1.54) is 6.07 Å². The Hall–Kier alpha value is -3.83. The van der Waals surface area contributed by atoms with Crippen LogP contribution in [-0.4, -0.2) is 0 Å². The van der Waals surface area contributed by atoms with Crippen LogP contribution in [0.15, 0.2) is 91.2 Å². The highest BCUT2D eigenvalue weighted by molar-refractivity contribution is 6.30. The Labute approximate surface area is 187 Å². The molecule has 5 rings (SSSR count). The van der Waals surface area contributed by atoms with Gasteiger partial charge in [-0.2, -0.15) is 0 Å². The van der Waals surface area contributed by atoms with Crippen LogP contribution in [0.4, 0.5) is 0 Å². The number of para-hydroxylation sites is 1. The number of halogens is 1. The van der Waals surface area contributed by atoms with Crippen LogP contribution in [0.3, 0.4) is 0 Å². The Morgan fingerprint density at radius 2 is 1.72 bits per heavy atom. The topological polar surface area (TPSA) is 69.7 Å². The molecule has 0 spiro atoms. The molecule has 0 radical (unpaired) electrons. The van der Waals surface area contributed by atoms with Crippen molar-refractivity contribution in [2.75, 3.05) is 0 Å². The minimum Gasteiger partial charge on any atom is -0.488 e. The Bertz CT molecular complexity index is 1600. The van der Waals surface area contributed by atoms with Crippen LogP contribution >= 0.6 is 11.6 Å². The third-order valence-electron chi connectivity index (χ3n) is 5.33. The molecule has 2 heterocycles. The first kappa shape index (κ1) is 20.1. The minimum absolute atomic E-state index is 0.300. The highest BCUT2D eigenvalue weighted by atomic mass is 35.5. The van der Waals surface area contributed by atoms with E-state index in [0.29, 0.717) is 50.6 Å². The van der Waals surface area contributed by atoms with Gasteiger partial charge >= 0.3 is 11.3 Å². The number of aryl methyl sites for hydroxylation is 1. The number of hydrogen-bond donors (Lipinski definition) is 0. The van der Waals surface area contributed by atoms with Crippen molar-refractivity contribution >= 4 is 33.5 Å². The molecule has 6 heteroatoms. The van der Waals surface area contributed by atoms with Gasteiger partial charge < -0.3 is 13.6 Å². The van der Waals surface area contributed by atoms with E-state index < -0.39 is 11.3 Å². The van der Waals surface area contributed by atoms with Crippen LogP contribution in [0.5, 0.6) is 5.75 Å². The molecule has 3 aromatic carbocycles. The maximum Gasteiger partial charge on any atom is 0.344 e. The quantitative estimate of drug-likeness (QED) is 0.313. The molecule has 0 atom stereocenters. The summed E-state index contributed by atoms with van der Waals surface area (Å²) in [6.45, 7) is 2.12. The van der Waals surface area contributed by atoms with Gasteiger partial charge in [0.25, 0.3) is 0 Å². The molecule has 0 saturated heterocycles. The van der Waals surface area contributed by atoms with Gasteiger partial charge in [0.15, 0.2) is 0 Å². The van der Waals surface area contributed by atoms with Gasteiger partial charge in [-0.15, -0.1) is 0 Å². The zero-order chi connectivity index (χ0) is 22.2. The van der Waals surface area contributed by atoms with Gasteiger partial charge in [0.1, 0.15) is 23.5 Å². The highest BCUT2D eigenvalue weighted by Crippen LogP contribution is 2.33. The summed E-state index contributed by atoms with van der Waals surface area (Å²) < 4.78 is 16.9. The normalized spacial score (nSPS) is 11.2. The fourth-order valence-electron chi connectivity index (χ4n) is 3.76. The largest absolute Gasteiger partial charge is 0.488 e. The van der Waals surface area contributed by atoms with E-state index in [4.69, 9.17) is 25.2 Å². The minimum atomic E-state index is -0.560. The average Bonchev–Trinajstić information content (AvgIpc) is 2.78. The smallest absolute Gasteiger partial charge is 0.344 e. The second-order valence-corrected chi connectivity index (χ2v) is 7.88. The molecule has 0 aliphatic carbocycles. The lowest BCUT2D eigenvalue weighted by Crippen LogP contribution is -2.07. The standard InChI is InChI=1S/C26H17ClO5/c1-15-22(30-14-16-5-4-7-18(27)11-16)10-9-19-20(13-24(28)32-25(15)19)21-12-17-6-2-3-8-23(17)31-26(21)29/h2-13H,14H2,1H3. The summed E-state index contributed by atoms with van der Waals surface area (Å²) in [6, 6.07) is 21.3. The van der Waals surface area contributed by atoms with Crippen molar-refractivity contribution < 1.29 is 13.6 Å². The maximum absolute atomic E-state index is 12.7. The molecule has 5 nitrogen and oxygen atoms in total. The van der Waals surface area contributed by atoms with Crippen molar-refractivity contribution in [3.8, 4) is 16.9 Å². The molecule has 0 saturated carbocycles. The lowest BCUT2D eigenvalue weighted by Gasteiger charge is -2.12. The molecular formula is C26H17ClO5. The molecule has 158 valence electrons. The summed E-state index contributed by atoms with van der Waals surface area (Å²) in [7, 11) is 0. The zero-order valence-electron chi connectivity index (χ0n) is 17.1. The lowest BCUT2D eigenvalue weighted by atomic mass is 10.0. The SMILES string of the molecule is Cc1c(OCc2cccc(Cl)c2)ccc2c(-c3cc4ccccc4oc3=O)cc(=O)oc12. The monoisotopic (exact) mass is 444 g/mol. The number of benzene rings is 3. The fraction of sp³-hybridized carbons (Fsp3) is 0.0769. The summed E-state index contributed by atoms with van der Waals surface area (Å²) >= 11 is 6.04. The zero-order valence-corrected chi connectivity index (χ0v) is 17.8. The first-order valence-electron chi connectivity index (χ1n) is 9.97. The van der Waals surface area contributed by atoms with Gasteiger partial charge in [0, 0.05) is 33.0 Å². The van der Waals surface area contributed by atoms with Gasteiger partial charge in [-0.05, 0) is 48.9 Å². The van der Waals surface area contributed by atoms with Crippen molar-refractivity contribution in [3.05, 3.63) is 110 Å². The molecular weight excluding hydrogens is 428 g/mol. The van der Waals surface area contributed by atoms with Crippen LogP contribution < -0.4 is 16.0 Å². The number of hydrogen-bond acceptors (Lipinski definition) is 5. The molecule has 2 aromatic heterocycles. The molecule has 0 amide bonds.